The van der Waals surface area contributed by atoms with E-state index in [9.17, 15) is 28.8 Å². The summed E-state index contributed by atoms with van der Waals surface area (Å²) in [5.41, 5.74) is 6.05. The lowest BCUT2D eigenvalue weighted by atomic mass is 9.94. The minimum Gasteiger partial charge on any atom is -0.461 e. The Balaban J connectivity index is 0. The molecule has 68 heavy (non-hydrogen) atoms. The number of nitrogens with zero attached hydrogens (tertiary/aromatic N) is 1. The van der Waals surface area contributed by atoms with E-state index >= 15 is 0 Å². The van der Waals surface area contributed by atoms with Gasteiger partial charge in [-0.1, -0.05) is 137 Å². The lowest BCUT2D eigenvalue weighted by Crippen LogP contribution is -2.36. The largest absolute Gasteiger partial charge is 0.461 e. The molecule has 0 bridgehead atoms. The second kappa shape index (κ2) is 37.8. The summed E-state index contributed by atoms with van der Waals surface area (Å²) in [6.45, 7) is 27.4. The molecule has 0 aromatic heterocycles. The van der Waals surface area contributed by atoms with Gasteiger partial charge in [0, 0.05) is 43.9 Å². The summed E-state index contributed by atoms with van der Waals surface area (Å²) in [5, 5.41) is 8.25. The monoisotopic (exact) mass is 954 g/mol. The molecule has 0 aromatic carbocycles. The SMILES string of the molecule is C.C/C=C/CNC(=O)/C=C/C(C)C(OC(=O)C(C)N)C(C)C.C/C=C/CNC(=O)/C=C/C(C)C(OC(=O)C1=NCCC1)C(C)C.C/C=C/CNC(=O)/C=C/C(C)C(OC(=O)C1CCCC1)C(C)C. The van der Waals surface area contributed by atoms with Gasteiger partial charge >= 0.3 is 17.9 Å². The molecule has 1 saturated carbocycles. The Kier molecular flexibility index (Phi) is 36.1. The molecule has 7 unspecified atom stereocenters. The van der Waals surface area contributed by atoms with Gasteiger partial charge in [0.25, 0.3) is 0 Å². The molecule has 0 saturated heterocycles. The maximum Gasteiger partial charge on any atom is 0.352 e. The number of carbonyl (C=O) groups excluding carboxylic acids is 6. The summed E-state index contributed by atoms with van der Waals surface area (Å²) >= 11 is 0. The van der Waals surface area contributed by atoms with Crippen LogP contribution in [0, 0.1) is 41.4 Å². The Bertz CT molecular complexity index is 1700. The molecule has 0 spiro atoms. The third-order valence-corrected chi connectivity index (χ3v) is 11.0. The first-order chi connectivity index (χ1) is 31.7. The molecule has 386 valence electrons. The van der Waals surface area contributed by atoms with E-state index in [4.69, 9.17) is 19.9 Å². The smallest absolute Gasteiger partial charge is 0.352 e. The van der Waals surface area contributed by atoms with Crippen molar-refractivity contribution < 1.29 is 43.0 Å². The van der Waals surface area contributed by atoms with Crippen molar-refractivity contribution in [3.8, 4) is 0 Å². The molecule has 5 N–H and O–H groups in total. The number of hydrogen-bond donors (Lipinski definition) is 4. The number of amides is 3. The summed E-state index contributed by atoms with van der Waals surface area (Å²) in [6.07, 6.45) is 26.1. The zero-order chi connectivity index (χ0) is 50.9. The molecular formula is C54H91N5O9. The molecule has 14 nitrogen and oxygen atoms in total. The zero-order valence-corrected chi connectivity index (χ0v) is 43.0. The number of aliphatic imine (C=N–C) groups is 1. The van der Waals surface area contributed by atoms with Crippen molar-refractivity contribution in [1.29, 1.82) is 0 Å². The Labute approximate surface area is 410 Å². The van der Waals surface area contributed by atoms with Crippen molar-refractivity contribution >= 4 is 41.3 Å². The van der Waals surface area contributed by atoms with Crippen LogP contribution in [0.3, 0.4) is 0 Å². The van der Waals surface area contributed by atoms with Gasteiger partial charge in [0.1, 0.15) is 30.1 Å². The molecule has 14 heteroatoms. The quantitative estimate of drug-likeness (QED) is 0.0313. The van der Waals surface area contributed by atoms with Crippen LogP contribution >= 0.6 is 0 Å². The van der Waals surface area contributed by atoms with E-state index in [1.54, 1.807) is 19.1 Å². The lowest BCUT2D eigenvalue weighted by molar-refractivity contribution is -0.158. The number of hydrogen-bond acceptors (Lipinski definition) is 11. The number of esters is 3. The van der Waals surface area contributed by atoms with Crippen LogP contribution in [0.25, 0.3) is 0 Å². The van der Waals surface area contributed by atoms with E-state index in [2.05, 4.69) is 20.9 Å². The minimum absolute atomic E-state index is 0. The van der Waals surface area contributed by atoms with Crippen LogP contribution in [0.4, 0.5) is 0 Å². The van der Waals surface area contributed by atoms with Crippen LogP contribution in [-0.4, -0.2) is 91.9 Å². The predicted molar refractivity (Wildman–Crippen MR) is 276 cm³/mol. The first kappa shape index (κ1) is 65.0. The minimum atomic E-state index is -0.647. The van der Waals surface area contributed by atoms with Gasteiger partial charge in [0.05, 0.1) is 5.92 Å². The Hall–Kier alpha value is -5.11. The first-order valence-corrected chi connectivity index (χ1v) is 24.3. The highest BCUT2D eigenvalue weighted by molar-refractivity contribution is 6.36. The average molecular weight is 954 g/mol. The molecule has 1 aliphatic heterocycles. The number of carbonyl (C=O) groups is 6. The molecule has 0 radical (unpaired) electrons. The van der Waals surface area contributed by atoms with Crippen molar-refractivity contribution in [2.45, 2.75) is 160 Å². The third kappa shape index (κ3) is 28.9. The van der Waals surface area contributed by atoms with Gasteiger partial charge in [-0.15, -0.1) is 0 Å². The molecule has 2 aliphatic rings. The summed E-state index contributed by atoms with van der Waals surface area (Å²) in [4.78, 5) is 75.1. The number of allylic oxidation sites excluding steroid dienone is 3. The Morgan fingerprint density at radius 1 is 0.588 bits per heavy atom. The normalized spacial score (nSPS) is 17.2. The van der Waals surface area contributed by atoms with Crippen LogP contribution < -0.4 is 21.7 Å². The van der Waals surface area contributed by atoms with Gasteiger partial charge in [-0.05, 0) is 89.4 Å². The highest BCUT2D eigenvalue weighted by Gasteiger charge is 2.30. The predicted octanol–water partition coefficient (Wildman–Crippen LogP) is 8.72. The van der Waals surface area contributed by atoms with Gasteiger partial charge in [0.15, 0.2) is 0 Å². The van der Waals surface area contributed by atoms with Crippen LogP contribution in [0.1, 0.15) is 136 Å². The van der Waals surface area contributed by atoms with Crippen LogP contribution in [0.15, 0.2) is 77.9 Å². The fourth-order valence-corrected chi connectivity index (χ4v) is 7.14. The number of nitrogens with two attached hydrogens (primary N) is 1. The molecule has 2 rings (SSSR count). The molecular weight excluding hydrogens is 863 g/mol. The van der Waals surface area contributed by atoms with Crippen molar-refractivity contribution in [3.63, 3.8) is 0 Å². The topological polar surface area (TPSA) is 205 Å². The number of rotatable bonds is 24. The number of ether oxygens (including phenoxy) is 3. The molecule has 1 heterocycles. The van der Waals surface area contributed by atoms with Gasteiger partial charge in [-0.2, -0.15) is 0 Å². The second-order valence-electron chi connectivity index (χ2n) is 18.2. The number of nitrogens with one attached hydrogen (secondary N) is 3. The first-order valence-electron chi connectivity index (χ1n) is 24.3. The summed E-state index contributed by atoms with van der Waals surface area (Å²) in [6, 6.07) is -0.647. The zero-order valence-electron chi connectivity index (χ0n) is 43.0. The van der Waals surface area contributed by atoms with Gasteiger partial charge < -0.3 is 35.9 Å². The van der Waals surface area contributed by atoms with Crippen molar-refractivity contribution in [2.75, 3.05) is 26.2 Å². The average Bonchev–Trinajstić information content (AvgIpc) is 4.04. The van der Waals surface area contributed by atoms with Crippen molar-refractivity contribution in [3.05, 3.63) is 72.9 Å². The highest BCUT2D eigenvalue weighted by atomic mass is 16.6. The molecule has 1 fully saturated rings. The summed E-state index contributed by atoms with van der Waals surface area (Å²) in [7, 11) is 0. The van der Waals surface area contributed by atoms with Crippen LogP contribution in [0.5, 0.6) is 0 Å². The second-order valence-corrected chi connectivity index (χ2v) is 18.2. The van der Waals surface area contributed by atoms with E-state index in [-0.39, 0.29) is 96.8 Å². The third-order valence-electron chi connectivity index (χ3n) is 11.0. The molecule has 1 aliphatic carbocycles. The highest BCUT2D eigenvalue weighted by Crippen LogP contribution is 2.28. The maximum absolute atomic E-state index is 12.2. The molecule has 7 atom stereocenters. The fraction of sp³-hybridized carbons (Fsp3) is 0.648. The fourth-order valence-electron chi connectivity index (χ4n) is 7.14. The standard InChI is InChI=1S/C19H31NO3.C18H28N2O3.C16H28N2O3.CH4/c1-5-6-13-20-17(21)12-11-15(4)18(14(2)3)23-19(22)16-9-7-8-10-16;1-5-6-11-20-16(21)10-9-14(4)17(13(2)3)23-18(22)15-8-7-12-19-15;1-6-7-10-18-14(19)9-8-12(4)15(11(2)3)21-16(20)13(5)17;/h5-6,11-12,14-16,18H,7-10,13H2,1-4H3,(H,20,21);5-6,9-10,13-14,17H,7-8,11-12H2,1-4H3,(H,20,21);6-9,11-13,15H,10,17H2,1-5H3,(H,18,19);1H4/b6-5+,12-11+;6-5+,10-9+;7-6+,9-8+;. The van der Waals surface area contributed by atoms with Gasteiger partial charge in [-0.25, -0.2) is 4.79 Å². The van der Waals surface area contributed by atoms with Crippen LogP contribution in [0.2, 0.25) is 0 Å². The van der Waals surface area contributed by atoms with Gasteiger partial charge in [-0.3, -0.25) is 29.0 Å². The van der Waals surface area contributed by atoms with E-state index < -0.39 is 12.0 Å². The van der Waals surface area contributed by atoms with E-state index in [0.717, 1.165) is 32.1 Å². The summed E-state index contributed by atoms with van der Waals surface area (Å²) < 4.78 is 16.8. The molecule has 3 amide bonds. The van der Waals surface area contributed by atoms with E-state index in [1.807, 2.05) is 126 Å². The van der Waals surface area contributed by atoms with Crippen molar-refractivity contribution in [1.82, 2.24) is 16.0 Å². The maximum atomic E-state index is 12.2. The summed E-state index contributed by atoms with van der Waals surface area (Å²) in [5.74, 6) is -0.789. The Morgan fingerprint density at radius 3 is 1.28 bits per heavy atom. The van der Waals surface area contributed by atoms with Gasteiger partial charge in [0.2, 0.25) is 17.7 Å². The Morgan fingerprint density at radius 2 is 0.956 bits per heavy atom. The van der Waals surface area contributed by atoms with E-state index in [1.165, 1.54) is 18.2 Å². The lowest BCUT2D eigenvalue weighted by Gasteiger charge is -2.27. The van der Waals surface area contributed by atoms with Crippen LogP contribution in [-0.2, 0) is 43.0 Å². The molecule has 0 aromatic rings. The van der Waals surface area contributed by atoms with Crippen molar-refractivity contribution in [2.24, 2.45) is 52.2 Å². The van der Waals surface area contributed by atoms with E-state index in [0.29, 0.717) is 38.3 Å².